The molecule has 10 heteroatoms. The molecular formula is C18H19N3O7. The van der Waals surface area contributed by atoms with Gasteiger partial charge < -0.3 is 19.4 Å². The number of hydrogen-bond acceptors (Lipinski definition) is 7. The summed E-state index contributed by atoms with van der Waals surface area (Å²) in [6.07, 6.45) is 0.328. The Kier molecular flexibility index (Phi) is 6.14. The van der Waals surface area contributed by atoms with Gasteiger partial charge in [-0.25, -0.2) is 4.79 Å². The van der Waals surface area contributed by atoms with Crippen LogP contribution in [0.4, 0.5) is 11.4 Å². The van der Waals surface area contributed by atoms with Crippen LogP contribution in [-0.2, 0) is 16.6 Å². The van der Waals surface area contributed by atoms with E-state index in [4.69, 9.17) is 9.47 Å². The Hall–Kier alpha value is -3.69. The smallest absolute Gasteiger partial charge is 0.355 e. The molecule has 1 aromatic heterocycles. The van der Waals surface area contributed by atoms with Gasteiger partial charge in [-0.1, -0.05) is 0 Å². The maximum Gasteiger partial charge on any atom is 0.355 e. The Balaban J connectivity index is 2.10. The molecule has 10 nitrogen and oxygen atoms in total. The van der Waals surface area contributed by atoms with Gasteiger partial charge in [0.1, 0.15) is 11.4 Å². The predicted molar refractivity (Wildman–Crippen MR) is 98.6 cm³/mol. The van der Waals surface area contributed by atoms with Crippen molar-refractivity contribution in [2.24, 2.45) is 7.05 Å². The molecule has 0 saturated heterocycles. The zero-order chi connectivity index (χ0) is 21.0. The van der Waals surface area contributed by atoms with Crippen LogP contribution in [0.3, 0.4) is 0 Å². The third-order valence-electron chi connectivity index (χ3n) is 3.93. The van der Waals surface area contributed by atoms with Gasteiger partial charge in [0, 0.05) is 24.9 Å². The number of amides is 1. The summed E-state index contributed by atoms with van der Waals surface area (Å²) in [6.45, 7) is 2.75. The maximum absolute atomic E-state index is 12.3. The van der Waals surface area contributed by atoms with Crippen LogP contribution in [0.25, 0.3) is 0 Å². The number of esters is 1. The Labute approximate surface area is 160 Å². The quantitative estimate of drug-likeness (QED) is 0.333. The van der Waals surface area contributed by atoms with Crippen LogP contribution < -0.4 is 10.1 Å². The highest BCUT2D eigenvalue weighted by molar-refractivity contribution is 6.00. The number of aryl methyl sites for hydroxylation is 1. The summed E-state index contributed by atoms with van der Waals surface area (Å²) in [5.41, 5.74) is 0.470. The Morgan fingerprint density at radius 1 is 1.25 bits per heavy atom. The molecule has 0 radical (unpaired) electrons. The molecule has 0 bridgehead atoms. The van der Waals surface area contributed by atoms with Crippen molar-refractivity contribution >= 4 is 29.0 Å². The number of Topliss-reactive ketones (excluding diaryl/α,β-unsaturated/α-hetero) is 1. The van der Waals surface area contributed by atoms with Gasteiger partial charge in [0.05, 0.1) is 23.8 Å². The number of benzene rings is 1. The molecule has 0 spiro atoms. The van der Waals surface area contributed by atoms with Gasteiger partial charge in [-0.05, 0) is 26.0 Å². The lowest BCUT2D eigenvalue weighted by Gasteiger charge is -2.15. The van der Waals surface area contributed by atoms with Gasteiger partial charge in [-0.3, -0.25) is 19.7 Å². The Bertz CT molecular complexity index is 949. The van der Waals surface area contributed by atoms with Gasteiger partial charge in [0.25, 0.3) is 11.6 Å². The van der Waals surface area contributed by atoms with Gasteiger partial charge in [-0.2, -0.15) is 0 Å². The first-order chi connectivity index (χ1) is 13.1. The van der Waals surface area contributed by atoms with Crippen molar-refractivity contribution in [1.29, 1.82) is 0 Å². The number of aromatic nitrogens is 1. The van der Waals surface area contributed by atoms with Crippen LogP contribution in [-0.4, -0.2) is 40.4 Å². The summed E-state index contributed by atoms with van der Waals surface area (Å²) < 4.78 is 11.6. The van der Waals surface area contributed by atoms with Gasteiger partial charge in [0.15, 0.2) is 11.9 Å². The van der Waals surface area contributed by atoms with Crippen molar-refractivity contribution in [3.8, 4) is 5.75 Å². The minimum absolute atomic E-state index is 0.0922. The van der Waals surface area contributed by atoms with Crippen molar-refractivity contribution < 1.29 is 28.8 Å². The minimum atomic E-state index is -1.16. The lowest BCUT2D eigenvalue weighted by Crippen LogP contribution is -2.30. The summed E-state index contributed by atoms with van der Waals surface area (Å²) in [5, 5.41) is 13.3. The normalized spacial score (nSPS) is 11.4. The standard InChI is InChI=1S/C18H19N3O7/c1-10(22)12-7-15(20(3)9-12)18(24)28-11(2)17(23)19-14-6-5-13(21(25)26)8-16(14)27-4/h5-9,11H,1-4H3,(H,19,23)/t11-/m1/s1. The zero-order valence-corrected chi connectivity index (χ0v) is 15.7. The van der Waals surface area contributed by atoms with E-state index in [0.29, 0.717) is 5.56 Å². The Morgan fingerprint density at radius 3 is 2.46 bits per heavy atom. The zero-order valence-electron chi connectivity index (χ0n) is 15.7. The summed E-state index contributed by atoms with van der Waals surface area (Å²) in [6, 6.07) is 5.08. The van der Waals surface area contributed by atoms with E-state index >= 15 is 0 Å². The fourth-order valence-electron chi connectivity index (χ4n) is 2.37. The van der Waals surface area contributed by atoms with E-state index in [2.05, 4.69) is 5.32 Å². The predicted octanol–water partition coefficient (Wildman–Crippen LogP) is 2.33. The van der Waals surface area contributed by atoms with Crippen LogP contribution in [0.15, 0.2) is 30.5 Å². The van der Waals surface area contributed by atoms with E-state index in [1.807, 2.05) is 0 Å². The van der Waals surface area contributed by atoms with Crippen LogP contribution in [0.2, 0.25) is 0 Å². The minimum Gasteiger partial charge on any atom is -0.494 e. The summed E-state index contributed by atoms with van der Waals surface area (Å²) >= 11 is 0. The number of non-ortho nitro benzene ring substituents is 1. The number of carbonyl (C=O) groups is 3. The van der Waals surface area contributed by atoms with Crippen LogP contribution in [0.5, 0.6) is 5.75 Å². The van der Waals surface area contributed by atoms with Crippen molar-refractivity contribution in [2.75, 3.05) is 12.4 Å². The van der Waals surface area contributed by atoms with Crippen molar-refractivity contribution in [1.82, 2.24) is 4.57 Å². The van der Waals surface area contributed by atoms with Crippen molar-refractivity contribution in [3.63, 3.8) is 0 Å². The first-order valence-corrected chi connectivity index (χ1v) is 8.15. The largest absolute Gasteiger partial charge is 0.494 e. The molecule has 1 N–H and O–H groups in total. The summed E-state index contributed by atoms with van der Waals surface area (Å²) in [4.78, 5) is 46.2. The lowest BCUT2D eigenvalue weighted by molar-refractivity contribution is -0.384. The fourth-order valence-corrected chi connectivity index (χ4v) is 2.37. The SMILES string of the molecule is COc1cc([N+](=O)[O-])ccc1NC(=O)[C@@H](C)OC(=O)c1cc(C(C)=O)cn1C. The number of ether oxygens (including phenoxy) is 2. The second kappa shape index (κ2) is 8.33. The molecular weight excluding hydrogens is 370 g/mol. The highest BCUT2D eigenvalue weighted by atomic mass is 16.6. The second-order valence-corrected chi connectivity index (χ2v) is 5.96. The first kappa shape index (κ1) is 20.6. The number of nitrogens with zero attached hydrogens (tertiary/aromatic N) is 2. The molecule has 0 unspecified atom stereocenters. The molecule has 2 aromatic rings. The second-order valence-electron chi connectivity index (χ2n) is 5.96. The average Bonchev–Trinajstić information content (AvgIpc) is 3.03. The molecule has 0 saturated carbocycles. The number of carbonyl (C=O) groups excluding carboxylic acids is 3. The molecule has 1 aromatic carbocycles. The van der Waals surface area contributed by atoms with Crippen molar-refractivity contribution in [3.05, 3.63) is 51.8 Å². The molecule has 1 amide bonds. The van der Waals surface area contributed by atoms with E-state index in [-0.39, 0.29) is 28.6 Å². The number of nitro groups is 1. The number of anilines is 1. The van der Waals surface area contributed by atoms with E-state index in [9.17, 15) is 24.5 Å². The first-order valence-electron chi connectivity index (χ1n) is 8.15. The monoisotopic (exact) mass is 389 g/mol. The van der Waals surface area contributed by atoms with Crippen LogP contribution in [0.1, 0.15) is 34.7 Å². The van der Waals surface area contributed by atoms with E-state index in [0.717, 1.165) is 0 Å². The topological polar surface area (TPSA) is 130 Å². The number of methoxy groups -OCH3 is 1. The molecule has 1 atom stereocenters. The molecule has 0 fully saturated rings. The van der Waals surface area contributed by atoms with Gasteiger partial charge in [0.2, 0.25) is 0 Å². The third-order valence-corrected chi connectivity index (χ3v) is 3.93. The maximum atomic E-state index is 12.3. The van der Waals surface area contributed by atoms with Crippen molar-refractivity contribution in [2.45, 2.75) is 20.0 Å². The fraction of sp³-hybridized carbons (Fsp3) is 0.278. The summed E-state index contributed by atoms with van der Waals surface area (Å²) in [7, 11) is 2.88. The lowest BCUT2D eigenvalue weighted by atomic mass is 10.2. The Morgan fingerprint density at radius 2 is 1.93 bits per heavy atom. The number of nitro benzene ring substituents is 1. The number of nitrogens with one attached hydrogen (secondary N) is 1. The molecule has 0 aliphatic heterocycles. The summed E-state index contributed by atoms with van der Waals surface area (Å²) in [5.74, 6) is -1.53. The van der Waals surface area contributed by atoms with E-state index < -0.39 is 22.9 Å². The van der Waals surface area contributed by atoms with Gasteiger partial charge in [-0.15, -0.1) is 0 Å². The molecule has 0 aliphatic carbocycles. The molecule has 148 valence electrons. The number of ketones is 1. The van der Waals surface area contributed by atoms with E-state index in [1.54, 1.807) is 7.05 Å². The molecule has 1 heterocycles. The highest BCUT2D eigenvalue weighted by Gasteiger charge is 2.23. The van der Waals surface area contributed by atoms with Gasteiger partial charge >= 0.3 is 5.97 Å². The molecule has 2 rings (SSSR count). The van der Waals surface area contributed by atoms with E-state index in [1.165, 1.54) is 56.0 Å². The molecule has 28 heavy (non-hydrogen) atoms. The van der Waals surface area contributed by atoms with Crippen LogP contribution in [0, 0.1) is 10.1 Å². The molecule has 0 aliphatic rings. The number of rotatable bonds is 7. The highest BCUT2D eigenvalue weighted by Crippen LogP contribution is 2.29. The van der Waals surface area contributed by atoms with Crippen LogP contribution >= 0.6 is 0 Å². The average molecular weight is 389 g/mol. The third kappa shape index (κ3) is 4.53. The number of hydrogen-bond donors (Lipinski definition) is 1.